The Bertz CT molecular complexity index is 1110. The highest BCUT2D eigenvalue weighted by atomic mass is 19.4. The highest BCUT2D eigenvalue weighted by molar-refractivity contribution is 5.86. The fourth-order valence-corrected chi connectivity index (χ4v) is 4.31. The number of likely N-dealkylation sites (N-methyl/N-ethyl adjacent to an activating group) is 1. The van der Waals surface area contributed by atoms with E-state index in [1.165, 1.54) is 33.0 Å². The first-order chi connectivity index (χ1) is 18.3. The predicted octanol–water partition coefficient (Wildman–Crippen LogP) is 7.18. The molecule has 0 bridgehead atoms. The molecular weight excluding hydrogens is 534 g/mol. The van der Waals surface area contributed by atoms with Crippen LogP contribution in [-0.4, -0.2) is 47.2 Å². The Morgan fingerprint density at radius 3 is 1.95 bits per heavy atom. The SMILES string of the molecule is CC(Cc1ccc(OC(F)(F)F)cc1)[C@@](CC(C)(C)F)(C(=O)OOCc1ccccc1)N(C)C(=O)OC(C)(C)C. The van der Waals surface area contributed by atoms with E-state index in [0.29, 0.717) is 11.1 Å². The van der Waals surface area contributed by atoms with E-state index in [0.717, 1.165) is 17.0 Å². The van der Waals surface area contributed by atoms with Crippen molar-refractivity contribution in [2.75, 3.05) is 7.05 Å². The predicted molar refractivity (Wildman–Crippen MR) is 140 cm³/mol. The normalized spacial score (nSPS) is 14.6. The van der Waals surface area contributed by atoms with Crippen molar-refractivity contribution in [1.82, 2.24) is 4.90 Å². The molecule has 1 amide bonds. The van der Waals surface area contributed by atoms with Crippen molar-refractivity contribution in [2.24, 2.45) is 5.92 Å². The quantitative estimate of drug-likeness (QED) is 0.162. The van der Waals surface area contributed by atoms with E-state index in [4.69, 9.17) is 14.5 Å². The Hall–Kier alpha value is -3.34. The monoisotopic (exact) mass is 571 g/mol. The highest BCUT2D eigenvalue weighted by Crippen LogP contribution is 2.39. The van der Waals surface area contributed by atoms with Crippen LogP contribution in [0, 0.1) is 5.92 Å². The molecule has 0 fully saturated rings. The van der Waals surface area contributed by atoms with Gasteiger partial charge in [-0.3, -0.25) is 9.79 Å². The Kier molecular flexibility index (Phi) is 10.6. The van der Waals surface area contributed by atoms with Gasteiger partial charge >= 0.3 is 18.4 Å². The molecule has 40 heavy (non-hydrogen) atoms. The summed E-state index contributed by atoms with van der Waals surface area (Å²) in [5, 5.41) is 0. The molecule has 7 nitrogen and oxygen atoms in total. The largest absolute Gasteiger partial charge is 0.573 e. The van der Waals surface area contributed by atoms with Crippen LogP contribution in [-0.2, 0) is 32.3 Å². The maximum absolute atomic E-state index is 15.4. The minimum Gasteiger partial charge on any atom is -0.444 e. The van der Waals surface area contributed by atoms with Crippen molar-refractivity contribution in [1.29, 1.82) is 0 Å². The summed E-state index contributed by atoms with van der Waals surface area (Å²) in [4.78, 5) is 38.4. The van der Waals surface area contributed by atoms with Crippen LogP contribution in [0.4, 0.5) is 22.4 Å². The van der Waals surface area contributed by atoms with Gasteiger partial charge in [0, 0.05) is 13.5 Å². The third-order valence-corrected chi connectivity index (χ3v) is 6.03. The summed E-state index contributed by atoms with van der Waals surface area (Å²) in [6.07, 6.45) is -6.17. The molecule has 0 saturated heterocycles. The Balaban J connectivity index is 2.45. The molecule has 0 radical (unpaired) electrons. The number of benzene rings is 2. The number of amides is 1. The van der Waals surface area contributed by atoms with Crippen molar-refractivity contribution < 1.29 is 46.4 Å². The van der Waals surface area contributed by atoms with Crippen LogP contribution in [0.3, 0.4) is 0 Å². The van der Waals surface area contributed by atoms with Gasteiger partial charge in [-0.25, -0.2) is 14.0 Å². The van der Waals surface area contributed by atoms with E-state index >= 15 is 4.39 Å². The van der Waals surface area contributed by atoms with E-state index < -0.39 is 53.3 Å². The lowest BCUT2D eigenvalue weighted by atomic mass is 9.74. The first-order valence-electron chi connectivity index (χ1n) is 12.7. The van der Waals surface area contributed by atoms with Gasteiger partial charge < -0.3 is 9.47 Å². The van der Waals surface area contributed by atoms with Crippen LogP contribution in [0.1, 0.15) is 59.1 Å². The fourth-order valence-electron chi connectivity index (χ4n) is 4.31. The van der Waals surface area contributed by atoms with Gasteiger partial charge in [0.25, 0.3) is 0 Å². The molecule has 2 aromatic rings. The Labute approximate surface area is 232 Å². The van der Waals surface area contributed by atoms with Crippen molar-refractivity contribution in [3.63, 3.8) is 0 Å². The number of hydrogen-bond acceptors (Lipinski definition) is 6. The lowest BCUT2D eigenvalue weighted by Gasteiger charge is -2.45. The van der Waals surface area contributed by atoms with Gasteiger partial charge in [0.15, 0.2) is 5.54 Å². The molecule has 0 spiro atoms. The van der Waals surface area contributed by atoms with Crippen molar-refractivity contribution >= 4 is 12.1 Å². The molecule has 0 saturated carbocycles. The van der Waals surface area contributed by atoms with Crippen LogP contribution < -0.4 is 4.74 Å². The minimum absolute atomic E-state index is 0.0588. The summed E-state index contributed by atoms with van der Waals surface area (Å²) in [6.45, 7) is 8.99. The van der Waals surface area contributed by atoms with Gasteiger partial charge in [-0.15, -0.1) is 13.2 Å². The van der Waals surface area contributed by atoms with Crippen molar-refractivity contribution in [3.05, 3.63) is 65.7 Å². The Morgan fingerprint density at radius 2 is 1.45 bits per heavy atom. The van der Waals surface area contributed by atoms with Gasteiger partial charge in [-0.1, -0.05) is 49.4 Å². The number of carbonyl (C=O) groups is 2. The number of alkyl halides is 4. The molecule has 0 heterocycles. The number of nitrogens with zero attached hydrogens (tertiary/aromatic N) is 1. The van der Waals surface area contributed by atoms with Crippen LogP contribution >= 0.6 is 0 Å². The number of halogens is 4. The number of ether oxygens (including phenoxy) is 2. The average molecular weight is 572 g/mol. The maximum Gasteiger partial charge on any atom is 0.573 e. The fraction of sp³-hybridized carbons (Fsp3) is 0.517. The molecule has 0 N–H and O–H groups in total. The number of carbonyl (C=O) groups excluding carboxylic acids is 2. The van der Waals surface area contributed by atoms with Gasteiger partial charge in [0.2, 0.25) is 0 Å². The second-order valence-corrected chi connectivity index (χ2v) is 11.3. The molecule has 11 heteroatoms. The van der Waals surface area contributed by atoms with Crippen LogP contribution in [0.2, 0.25) is 0 Å². The molecule has 2 atom stereocenters. The molecule has 2 aromatic carbocycles. The molecule has 1 unspecified atom stereocenters. The molecule has 222 valence electrons. The van der Waals surface area contributed by atoms with Gasteiger partial charge in [0.1, 0.15) is 23.6 Å². The van der Waals surface area contributed by atoms with Crippen LogP contribution in [0.15, 0.2) is 54.6 Å². The summed E-state index contributed by atoms with van der Waals surface area (Å²) in [7, 11) is 1.31. The topological polar surface area (TPSA) is 74.3 Å². The average Bonchev–Trinajstić information content (AvgIpc) is 2.81. The standard InChI is InChI=1S/C29H37F4NO6/c1-20(17-21-13-15-23(16-14-21)38-29(31,32)33)28(19-27(5,6)30,34(7)25(36)39-26(2,3)4)24(35)40-37-18-22-11-9-8-10-12-22/h8-16,20H,17-19H2,1-7H3/t20?,28-/m0/s1. The summed E-state index contributed by atoms with van der Waals surface area (Å²) in [6, 6.07) is 13.9. The van der Waals surface area contributed by atoms with E-state index in [9.17, 15) is 22.8 Å². The lowest BCUT2D eigenvalue weighted by molar-refractivity contribution is -0.291. The van der Waals surface area contributed by atoms with Crippen LogP contribution in [0.5, 0.6) is 5.75 Å². The Morgan fingerprint density at radius 1 is 0.875 bits per heavy atom. The van der Waals surface area contributed by atoms with Gasteiger partial charge in [-0.2, -0.15) is 4.89 Å². The summed E-state index contributed by atoms with van der Waals surface area (Å²) >= 11 is 0. The molecule has 0 aromatic heterocycles. The third kappa shape index (κ3) is 10.0. The van der Waals surface area contributed by atoms with E-state index in [1.807, 2.05) is 6.07 Å². The zero-order chi connectivity index (χ0) is 30.4. The summed E-state index contributed by atoms with van der Waals surface area (Å²) < 4.78 is 62.5. The number of hydrogen-bond donors (Lipinski definition) is 0. The zero-order valence-corrected chi connectivity index (χ0v) is 23.8. The van der Waals surface area contributed by atoms with E-state index in [2.05, 4.69) is 4.74 Å². The molecular formula is C29H37F4NO6. The van der Waals surface area contributed by atoms with Gasteiger partial charge in [0.05, 0.1) is 0 Å². The van der Waals surface area contributed by atoms with Crippen molar-refractivity contribution in [3.8, 4) is 5.75 Å². The minimum atomic E-state index is -4.85. The van der Waals surface area contributed by atoms with Crippen LogP contribution in [0.25, 0.3) is 0 Å². The smallest absolute Gasteiger partial charge is 0.444 e. The zero-order valence-electron chi connectivity index (χ0n) is 23.8. The molecule has 0 aliphatic carbocycles. The van der Waals surface area contributed by atoms with E-state index in [1.54, 1.807) is 52.0 Å². The third-order valence-electron chi connectivity index (χ3n) is 6.03. The van der Waals surface area contributed by atoms with Crippen molar-refractivity contribution in [2.45, 2.75) is 84.2 Å². The first-order valence-corrected chi connectivity index (χ1v) is 12.7. The van der Waals surface area contributed by atoms with Gasteiger partial charge in [-0.05, 0) is 70.2 Å². The number of rotatable bonds is 11. The summed E-state index contributed by atoms with van der Waals surface area (Å²) in [5.41, 5.74) is -3.60. The highest BCUT2D eigenvalue weighted by Gasteiger charge is 2.55. The second kappa shape index (κ2) is 12.9. The first kappa shape index (κ1) is 32.9. The molecule has 0 aliphatic heterocycles. The summed E-state index contributed by atoms with van der Waals surface area (Å²) in [5.74, 6) is -2.26. The maximum atomic E-state index is 15.4. The second-order valence-electron chi connectivity index (χ2n) is 11.3. The lowest BCUT2D eigenvalue weighted by Crippen LogP contribution is -2.63. The molecule has 2 rings (SSSR count). The van der Waals surface area contributed by atoms with E-state index in [-0.39, 0.29) is 13.0 Å². The molecule has 0 aliphatic rings.